The highest BCUT2D eigenvalue weighted by molar-refractivity contribution is 9.10. The molecular weight excluding hydrogens is 284 g/mol. The van der Waals surface area contributed by atoms with Crippen LogP contribution in [0, 0.1) is 0 Å². The molecule has 2 N–H and O–H groups in total. The summed E-state index contributed by atoms with van der Waals surface area (Å²) in [6.45, 7) is 0. The molecule has 0 aliphatic rings. The van der Waals surface area contributed by atoms with Crippen LogP contribution in [0.3, 0.4) is 0 Å². The highest BCUT2D eigenvalue weighted by Gasteiger charge is 2.09. The molecule has 2 aromatic heterocycles. The van der Waals surface area contributed by atoms with Gasteiger partial charge in [-0.2, -0.15) is 0 Å². The van der Waals surface area contributed by atoms with Gasteiger partial charge in [0, 0.05) is 12.6 Å². The number of nitrogens with zero attached hydrogens (tertiary/aromatic N) is 2. The summed E-state index contributed by atoms with van der Waals surface area (Å²) in [6.07, 6.45) is 1.74. The summed E-state index contributed by atoms with van der Waals surface area (Å²) in [5.74, 6) is 0. The quantitative estimate of drug-likeness (QED) is 0.721. The van der Waals surface area contributed by atoms with E-state index in [0.717, 1.165) is 26.9 Å². The Morgan fingerprint density at radius 3 is 2.76 bits per heavy atom. The maximum atomic E-state index is 11.2. The van der Waals surface area contributed by atoms with Crippen LogP contribution >= 0.6 is 15.9 Å². The van der Waals surface area contributed by atoms with Gasteiger partial charge in [-0.1, -0.05) is 6.07 Å². The Bertz CT molecular complexity index is 752. The van der Waals surface area contributed by atoms with E-state index >= 15 is 0 Å². The van der Waals surface area contributed by atoms with Gasteiger partial charge in [0.2, 0.25) is 0 Å². The minimum Gasteiger partial charge on any atom is -0.328 e. The van der Waals surface area contributed by atoms with Crippen molar-refractivity contribution in [2.24, 2.45) is 7.05 Å². The summed E-state index contributed by atoms with van der Waals surface area (Å²) in [4.78, 5) is 20.9. The molecule has 0 bridgehead atoms. The number of hydrogen-bond donors (Lipinski definition) is 2. The molecule has 0 amide bonds. The molecule has 0 aliphatic heterocycles. The summed E-state index contributed by atoms with van der Waals surface area (Å²) in [7, 11) is 1.91. The van der Waals surface area contributed by atoms with Gasteiger partial charge in [0.05, 0.1) is 17.4 Å². The summed E-state index contributed by atoms with van der Waals surface area (Å²) >= 11 is 3.48. The Morgan fingerprint density at radius 1 is 1.29 bits per heavy atom. The van der Waals surface area contributed by atoms with Crippen molar-refractivity contribution in [3.8, 4) is 11.3 Å². The Labute approximate surface area is 105 Å². The largest absolute Gasteiger partial charge is 0.328 e. The predicted molar refractivity (Wildman–Crippen MR) is 68.8 cm³/mol. The van der Waals surface area contributed by atoms with Gasteiger partial charge in [0.1, 0.15) is 10.3 Å². The van der Waals surface area contributed by atoms with E-state index in [0.29, 0.717) is 0 Å². The first-order chi connectivity index (χ1) is 8.15. The van der Waals surface area contributed by atoms with E-state index in [9.17, 15) is 4.79 Å². The van der Waals surface area contributed by atoms with Gasteiger partial charge in [-0.3, -0.25) is 0 Å². The third-order valence-corrected chi connectivity index (χ3v) is 3.59. The number of halogens is 1. The highest BCUT2D eigenvalue weighted by atomic mass is 79.9. The first-order valence-corrected chi connectivity index (χ1v) is 5.83. The third kappa shape index (κ3) is 1.61. The third-order valence-electron chi connectivity index (χ3n) is 2.65. The van der Waals surface area contributed by atoms with Crippen LogP contribution in [0.25, 0.3) is 22.3 Å². The minimum atomic E-state index is -0.197. The second kappa shape index (κ2) is 3.59. The van der Waals surface area contributed by atoms with Crippen molar-refractivity contribution in [2.75, 3.05) is 0 Å². The number of aromatic nitrogens is 4. The second-order valence-corrected chi connectivity index (χ2v) is 4.59. The molecule has 3 aromatic rings. The SMILES string of the molecule is Cn1cnc(-c2ccc3[nH]c(=O)[nH]c3c2)c1Br. The standard InChI is InChI=1S/C11H9BrN4O/c1-16-5-13-9(10(16)12)6-2-3-7-8(4-6)15-11(17)14-7/h2-5H,1H3,(H2,14,15,17). The zero-order valence-corrected chi connectivity index (χ0v) is 10.6. The van der Waals surface area contributed by atoms with E-state index in [-0.39, 0.29) is 5.69 Å². The van der Waals surface area contributed by atoms with Crippen LogP contribution in [0.4, 0.5) is 0 Å². The molecular formula is C11H9BrN4O. The molecule has 86 valence electrons. The summed E-state index contributed by atoms with van der Waals surface area (Å²) in [6, 6.07) is 5.70. The van der Waals surface area contributed by atoms with Crippen molar-refractivity contribution >= 4 is 27.0 Å². The minimum absolute atomic E-state index is 0.197. The Kier molecular flexibility index (Phi) is 2.19. The lowest BCUT2D eigenvalue weighted by molar-refractivity contribution is 0.891. The molecule has 0 aliphatic carbocycles. The normalized spacial score (nSPS) is 11.2. The number of fused-ring (bicyclic) bond motifs is 1. The van der Waals surface area contributed by atoms with Crippen molar-refractivity contribution < 1.29 is 0 Å². The number of nitrogens with one attached hydrogen (secondary N) is 2. The zero-order valence-electron chi connectivity index (χ0n) is 8.99. The van der Waals surface area contributed by atoms with E-state index in [2.05, 4.69) is 30.9 Å². The van der Waals surface area contributed by atoms with Gasteiger partial charge in [0.25, 0.3) is 0 Å². The maximum Gasteiger partial charge on any atom is 0.323 e. The number of rotatable bonds is 1. The van der Waals surface area contributed by atoms with Crippen LogP contribution in [-0.2, 0) is 7.05 Å². The average Bonchev–Trinajstić information content (AvgIpc) is 2.81. The summed E-state index contributed by atoms with van der Waals surface area (Å²) < 4.78 is 2.80. The van der Waals surface area contributed by atoms with Gasteiger partial charge in [-0.05, 0) is 28.1 Å². The molecule has 5 nitrogen and oxygen atoms in total. The highest BCUT2D eigenvalue weighted by Crippen LogP contribution is 2.27. The monoisotopic (exact) mass is 292 g/mol. The second-order valence-electron chi connectivity index (χ2n) is 3.83. The number of hydrogen-bond acceptors (Lipinski definition) is 2. The first-order valence-electron chi connectivity index (χ1n) is 5.04. The maximum absolute atomic E-state index is 11.2. The molecule has 17 heavy (non-hydrogen) atoms. The molecule has 0 atom stereocenters. The van der Waals surface area contributed by atoms with Gasteiger partial charge in [-0.25, -0.2) is 9.78 Å². The number of aromatic amines is 2. The number of aryl methyl sites for hydroxylation is 1. The van der Waals surface area contributed by atoms with Crippen LogP contribution in [0.5, 0.6) is 0 Å². The molecule has 3 rings (SSSR count). The fraction of sp³-hybridized carbons (Fsp3) is 0.0909. The van der Waals surface area contributed by atoms with Crippen LogP contribution in [0.1, 0.15) is 0 Å². The molecule has 0 unspecified atom stereocenters. The summed E-state index contributed by atoms with van der Waals surface area (Å²) in [5.41, 5.74) is 3.20. The van der Waals surface area contributed by atoms with Crippen LogP contribution < -0.4 is 5.69 Å². The molecule has 1 aromatic carbocycles. The molecule has 0 saturated heterocycles. The Morgan fingerprint density at radius 2 is 2.06 bits per heavy atom. The van der Waals surface area contributed by atoms with Crippen molar-refractivity contribution in [3.63, 3.8) is 0 Å². The average molecular weight is 293 g/mol. The van der Waals surface area contributed by atoms with Gasteiger partial charge in [0.15, 0.2) is 0 Å². The lowest BCUT2D eigenvalue weighted by atomic mass is 10.1. The van der Waals surface area contributed by atoms with Gasteiger partial charge < -0.3 is 14.5 Å². The lowest BCUT2D eigenvalue weighted by Crippen LogP contribution is -1.99. The molecule has 0 fully saturated rings. The van der Waals surface area contributed by atoms with Crippen molar-refractivity contribution in [3.05, 3.63) is 39.6 Å². The van der Waals surface area contributed by atoms with E-state index in [1.54, 1.807) is 6.33 Å². The predicted octanol–water partition coefficient (Wildman–Crippen LogP) is 2.02. The van der Waals surface area contributed by atoms with Crippen molar-refractivity contribution in [1.82, 2.24) is 19.5 Å². The topological polar surface area (TPSA) is 66.5 Å². The molecule has 0 saturated carbocycles. The summed E-state index contributed by atoms with van der Waals surface area (Å²) in [5, 5.41) is 0. The van der Waals surface area contributed by atoms with E-state index in [4.69, 9.17) is 0 Å². The Balaban J connectivity index is 2.24. The number of H-pyrrole nitrogens is 2. The number of benzene rings is 1. The van der Waals surface area contributed by atoms with E-state index in [1.807, 2.05) is 29.8 Å². The van der Waals surface area contributed by atoms with Gasteiger partial charge >= 0.3 is 5.69 Å². The van der Waals surface area contributed by atoms with Crippen molar-refractivity contribution in [1.29, 1.82) is 0 Å². The fourth-order valence-corrected chi connectivity index (χ4v) is 2.21. The van der Waals surface area contributed by atoms with E-state index in [1.165, 1.54) is 0 Å². The smallest absolute Gasteiger partial charge is 0.323 e. The first kappa shape index (κ1) is 10.3. The molecule has 0 spiro atoms. The molecule has 2 heterocycles. The lowest BCUT2D eigenvalue weighted by Gasteiger charge is -1.99. The van der Waals surface area contributed by atoms with E-state index < -0.39 is 0 Å². The molecule has 6 heteroatoms. The molecule has 0 radical (unpaired) electrons. The zero-order chi connectivity index (χ0) is 12.0. The number of imidazole rings is 2. The van der Waals surface area contributed by atoms with Crippen LogP contribution in [0.15, 0.2) is 33.9 Å². The van der Waals surface area contributed by atoms with Crippen LogP contribution in [0.2, 0.25) is 0 Å². The van der Waals surface area contributed by atoms with Gasteiger partial charge in [-0.15, -0.1) is 0 Å². The Hall–Kier alpha value is -1.82. The van der Waals surface area contributed by atoms with Crippen molar-refractivity contribution in [2.45, 2.75) is 0 Å². The fourth-order valence-electron chi connectivity index (χ4n) is 1.79. The van der Waals surface area contributed by atoms with Crippen LogP contribution in [-0.4, -0.2) is 19.5 Å².